The Labute approximate surface area is 118 Å². The molecule has 19 heavy (non-hydrogen) atoms. The third-order valence-corrected chi connectivity index (χ3v) is 5.08. The Bertz CT molecular complexity index is 415. The third-order valence-electron chi connectivity index (χ3n) is 3.78. The maximum Gasteiger partial charge on any atom is 0.0936 e. The van der Waals surface area contributed by atoms with E-state index in [1.165, 1.54) is 10.5 Å². The molecule has 0 bridgehead atoms. The van der Waals surface area contributed by atoms with E-state index in [0.29, 0.717) is 5.25 Å². The maximum atomic E-state index is 9.27. The summed E-state index contributed by atoms with van der Waals surface area (Å²) in [6.07, 6.45) is 1.37. The number of hydrogen-bond donors (Lipinski definition) is 1. The first-order chi connectivity index (χ1) is 9.24. The van der Waals surface area contributed by atoms with Gasteiger partial charge in [0.15, 0.2) is 0 Å². The van der Waals surface area contributed by atoms with E-state index in [0.717, 1.165) is 26.1 Å². The van der Waals surface area contributed by atoms with Crippen molar-refractivity contribution < 1.29 is 9.84 Å². The number of ether oxygens (including phenoxy) is 1. The van der Waals surface area contributed by atoms with Crippen molar-refractivity contribution in [3.05, 3.63) is 29.8 Å². The molecule has 4 heteroatoms. The van der Waals surface area contributed by atoms with Gasteiger partial charge in [-0.05, 0) is 25.0 Å². The summed E-state index contributed by atoms with van der Waals surface area (Å²) in [5.41, 5.74) is 1.48. The summed E-state index contributed by atoms with van der Waals surface area (Å²) < 4.78 is 5.69. The second-order valence-electron chi connectivity index (χ2n) is 5.52. The van der Waals surface area contributed by atoms with Crippen molar-refractivity contribution in [2.24, 2.45) is 0 Å². The SMILES string of the molecule is CC1CN(CC2Cc3ccccc3S2)CC(CO)O1. The highest BCUT2D eigenvalue weighted by molar-refractivity contribution is 8.00. The minimum atomic E-state index is -0.0162. The second kappa shape index (κ2) is 5.83. The van der Waals surface area contributed by atoms with Crippen LogP contribution in [0, 0.1) is 0 Å². The molecular formula is C15H21NO2S. The van der Waals surface area contributed by atoms with Gasteiger partial charge in [-0.1, -0.05) is 18.2 Å². The van der Waals surface area contributed by atoms with Gasteiger partial charge in [0, 0.05) is 29.8 Å². The smallest absolute Gasteiger partial charge is 0.0936 e. The van der Waals surface area contributed by atoms with Crippen LogP contribution in [-0.4, -0.2) is 53.7 Å². The predicted octanol–water partition coefficient (Wildman–Crippen LogP) is 1.78. The Morgan fingerprint density at radius 3 is 3.00 bits per heavy atom. The third kappa shape index (κ3) is 3.14. The summed E-state index contributed by atoms with van der Waals surface area (Å²) in [7, 11) is 0. The van der Waals surface area contributed by atoms with Crippen LogP contribution in [0.1, 0.15) is 12.5 Å². The van der Waals surface area contributed by atoms with Crippen LogP contribution in [0.2, 0.25) is 0 Å². The molecule has 0 aliphatic carbocycles. The number of benzene rings is 1. The Balaban J connectivity index is 1.58. The van der Waals surface area contributed by atoms with Gasteiger partial charge >= 0.3 is 0 Å². The van der Waals surface area contributed by atoms with Crippen molar-refractivity contribution in [1.29, 1.82) is 0 Å². The van der Waals surface area contributed by atoms with E-state index >= 15 is 0 Å². The van der Waals surface area contributed by atoms with Crippen LogP contribution in [0.4, 0.5) is 0 Å². The maximum absolute atomic E-state index is 9.27. The van der Waals surface area contributed by atoms with Crippen LogP contribution in [-0.2, 0) is 11.2 Å². The van der Waals surface area contributed by atoms with E-state index in [1.807, 2.05) is 11.8 Å². The highest BCUT2D eigenvalue weighted by atomic mass is 32.2. The van der Waals surface area contributed by atoms with Gasteiger partial charge in [0.25, 0.3) is 0 Å². The molecule has 1 aromatic rings. The topological polar surface area (TPSA) is 32.7 Å². The van der Waals surface area contributed by atoms with Gasteiger partial charge in [0.2, 0.25) is 0 Å². The first-order valence-electron chi connectivity index (χ1n) is 6.98. The van der Waals surface area contributed by atoms with Crippen LogP contribution < -0.4 is 0 Å². The first kappa shape index (κ1) is 13.4. The zero-order chi connectivity index (χ0) is 13.2. The largest absolute Gasteiger partial charge is 0.394 e. The van der Waals surface area contributed by atoms with Crippen molar-refractivity contribution in [2.45, 2.75) is 35.7 Å². The molecule has 3 atom stereocenters. The summed E-state index contributed by atoms with van der Waals surface area (Å²) in [4.78, 5) is 3.88. The molecule has 0 amide bonds. The monoisotopic (exact) mass is 279 g/mol. The van der Waals surface area contributed by atoms with Gasteiger partial charge in [-0.25, -0.2) is 0 Å². The summed E-state index contributed by atoms with van der Waals surface area (Å²) >= 11 is 1.99. The van der Waals surface area contributed by atoms with Crippen LogP contribution in [0.3, 0.4) is 0 Å². The molecule has 0 aromatic heterocycles. The summed E-state index contributed by atoms with van der Waals surface area (Å²) in [6, 6.07) is 8.70. The van der Waals surface area contributed by atoms with Gasteiger partial charge in [-0.15, -0.1) is 11.8 Å². The minimum Gasteiger partial charge on any atom is -0.394 e. The van der Waals surface area contributed by atoms with E-state index in [1.54, 1.807) is 0 Å². The number of fused-ring (bicyclic) bond motifs is 1. The van der Waals surface area contributed by atoms with Crippen LogP contribution >= 0.6 is 11.8 Å². The van der Waals surface area contributed by atoms with Crippen LogP contribution in [0.25, 0.3) is 0 Å². The van der Waals surface area contributed by atoms with Crippen molar-refractivity contribution in [3.8, 4) is 0 Å². The molecule has 3 nitrogen and oxygen atoms in total. The molecule has 2 heterocycles. The molecule has 3 rings (SSSR count). The average Bonchev–Trinajstić information content (AvgIpc) is 2.80. The molecule has 3 unspecified atom stereocenters. The molecule has 1 saturated heterocycles. The lowest BCUT2D eigenvalue weighted by Crippen LogP contribution is -2.49. The van der Waals surface area contributed by atoms with E-state index in [9.17, 15) is 5.11 Å². The quantitative estimate of drug-likeness (QED) is 0.914. The number of nitrogens with zero attached hydrogens (tertiary/aromatic N) is 1. The molecule has 2 aliphatic heterocycles. The lowest BCUT2D eigenvalue weighted by Gasteiger charge is -2.37. The molecule has 0 radical (unpaired) electrons. The van der Waals surface area contributed by atoms with E-state index in [2.05, 4.69) is 36.1 Å². The Morgan fingerprint density at radius 1 is 1.37 bits per heavy atom. The molecule has 1 fully saturated rings. The highest BCUT2D eigenvalue weighted by Gasteiger charge is 2.29. The molecule has 1 aromatic carbocycles. The van der Waals surface area contributed by atoms with Gasteiger partial charge in [-0.2, -0.15) is 0 Å². The molecule has 104 valence electrons. The molecule has 0 spiro atoms. The second-order valence-corrected chi connectivity index (χ2v) is 6.86. The Morgan fingerprint density at radius 2 is 2.21 bits per heavy atom. The number of hydrogen-bond acceptors (Lipinski definition) is 4. The number of aliphatic hydroxyl groups is 1. The van der Waals surface area contributed by atoms with Gasteiger partial charge in [0.05, 0.1) is 18.8 Å². The fourth-order valence-electron chi connectivity index (χ4n) is 3.03. The normalized spacial score (nSPS) is 31.4. The summed E-state index contributed by atoms with van der Waals surface area (Å²) in [6.45, 7) is 5.13. The molecule has 1 N–H and O–H groups in total. The van der Waals surface area contributed by atoms with Crippen molar-refractivity contribution >= 4 is 11.8 Å². The summed E-state index contributed by atoms with van der Waals surface area (Å²) in [5.74, 6) is 0. The molecular weight excluding hydrogens is 258 g/mol. The van der Waals surface area contributed by atoms with Crippen LogP contribution in [0.5, 0.6) is 0 Å². The number of thioether (sulfide) groups is 1. The zero-order valence-electron chi connectivity index (χ0n) is 11.3. The van der Waals surface area contributed by atoms with Crippen molar-refractivity contribution in [2.75, 3.05) is 26.2 Å². The summed E-state index contributed by atoms with van der Waals surface area (Å²) in [5, 5.41) is 9.91. The highest BCUT2D eigenvalue weighted by Crippen LogP contribution is 2.37. The van der Waals surface area contributed by atoms with Gasteiger partial charge in [0.1, 0.15) is 0 Å². The molecule has 0 saturated carbocycles. The number of morpholine rings is 1. The average molecular weight is 279 g/mol. The van der Waals surface area contributed by atoms with E-state index in [-0.39, 0.29) is 18.8 Å². The van der Waals surface area contributed by atoms with Gasteiger partial charge < -0.3 is 9.84 Å². The van der Waals surface area contributed by atoms with E-state index < -0.39 is 0 Å². The fraction of sp³-hybridized carbons (Fsp3) is 0.600. The lowest BCUT2D eigenvalue weighted by atomic mass is 10.1. The van der Waals surface area contributed by atoms with Gasteiger partial charge in [-0.3, -0.25) is 4.90 Å². The number of rotatable bonds is 3. The first-order valence-corrected chi connectivity index (χ1v) is 7.86. The zero-order valence-corrected chi connectivity index (χ0v) is 12.1. The van der Waals surface area contributed by atoms with Crippen molar-refractivity contribution in [1.82, 2.24) is 4.90 Å². The Kier molecular flexibility index (Phi) is 4.12. The number of aliphatic hydroxyl groups excluding tert-OH is 1. The predicted molar refractivity (Wildman–Crippen MR) is 77.7 cm³/mol. The van der Waals surface area contributed by atoms with Crippen LogP contribution in [0.15, 0.2) is 29.2 Å². The fourth-order valence-corrected chi connectivity index (χ4v) is 4.40. The Hall–Kier alpha value is -0.550. The molecule has 2 aliphatic rings. The van der Waals surface area contributed by atoms with E-state index in [4.69, 9.17) is 4.74 Å². The lowest BCUT2D eigenvalue weighted by molar-refractivity contribution is -0.0947. The standard InChI is InChI=1S/C15H21NO2S/c1-11-7-16(8-13(10-17)18-11)9-14-6-12-4-2-3-5-15(12)19-14/h2-5,11,13-14,17H,6-10H2,1H3. The minimum absolute atomic E-state index is 0.0162. The van der Waals surface area contributed by atoms with Crippen molar-refractivity contribution in [3.63, 3.8) is 0 Å².